The number of benzene rings is 8. The van der Waals surface area contributed by atoms with E-state index in [0.717, 1.165) is 69.2 Å². The van der Waals surface area contributed by atoms with Crippen LogP contribution >= 0.6 is 0 Å². The minimum atomic E-state index is 0.532. The number of hydrogen-bond donors (Lipinski definition) is 0. The van der Waals surface area contributed by atoms with Gasteiger partial charge in [0.05, 0.1) is 41.0 Å². The fraction of sp³-hybridized carbons (Fsp3) is 0.546. The highest BCUT2D eigenvalue weighted by atomic mass is 16.5. The molecular weight excluding hydrogens is 1730 g/mol. The van der Waals surface area contributed by atoms with Crippen LogP contribution in [0.4, 0.5) is 17.1 Å². The van der Waals surface area contributed by atoms with Crippen molar-refractivity contribution in [2.75, 3.05) is 60.6 Å². The highest BCUT2D eigenvalue weighted by Gasteiger charge is 2.29. The molecule has 18 rings (SSSR count). The van der Waals surface area contributed by atoms with Crippen molar-refractivity contribution in [2.24, 2.45) is 0 Å². The molecular formula is C130H191N11O. The molecule has 0 saturated carbocycles. The second-order valence-electron chi connectivity index (χ2n) is 46.6. The first-order valence-electron chi connectivity index (χ1n) is 55.5. The number of hydrogen-bond acceptors (Lipinski definition) is 10. The van der Waals surface area contributed by atoms with E-state index in [-0.39, 0.29) is 0 Å². The average molecular weight is 1920 g/mol. The maximum Gasteiger partial charge on any atom is 0.142 e. The Kier molecular flexibility index (Phi) is 43.1. The molecule has 0 fully saturated rings. The van der Waals surface area contributed by atoms with Gasteiger partial charge < -0.3 is 28.6 Å². The van der Waals surface area contributed by atoms with Crippen LogP contribution in [0.25, 0.3) is 32.6 Å². The third-order valence-electron chi connectivity index (χ3n) is 30.0. The van der Waals surface area contributed by atoms with Crippen LogP contribution in [0, 0.1) is 0 Å². The number of anilines is 3. The number of rotatable bonds is 18. The molecule has 12 nitrogen and oxygen atoms in total. The van der Waals surface area contributed by atoms with Gasteiger partial charge in [0.1, 0.15) is 12.4 Å². The summed E-state index contributed by atoms with van der Waals surface area (Å²) in [5, 5.41) is 5.40. The summed E-state index contributed by atoms with van der Waals surface area (Å²) in [5.74, 6) is 8.08. The maximum absolute atomic E-state index is 5.70. The van der Waals surface area contributed by atoms with Crippen LogP contribution in [0.15, 0.2) is 189 Å². The lowest BCUT2D eigenvalue weighted by molar-refractivity contribution is 0.176. The SMILES string of the molecule is CC(C)c1ccc2c(c1)N(C(C)C)CCC2.CC(C)c1ccc2c(c1)N(C(C)C)CCC2.CC(C)c1ccc2c(c1)N(C(C)C)CCO2.CC(C)c1ccc2cccc(C(C)C)c2c1.CC(C)c1ccc2nccc(C(C)C)c2c1.CC(C)c1cccc2c1CN(C(C)C)CC2.CC(C)c1ccn2c1CN(C(C)C)CC2.CC(C)c1cnc2cccc(C(C)C)c2c1.CC(C)c1ncn2c1CN(C(C)C)CC2. The smallest absolute Gasteiger partial charge is 0.142 e. The monoisotopic (exact) mass is 1920 g/mol. The van der Waals surface area contributed by atoms with E-state index in [1.165, 1.54) is 181 Å². The Morgan fingerprint density at radius 3 is 1.20 bits per heavy atom. The molecule has 0 N–H and O–H groups in total. The van der Waals surface area contributed by atoms with Gasteiger partial charge in [-0.05, 0) is 341 Å². The molecule has 0 bridgehead atoms. The van der Waals surface area contributed by atoms with Gasteiger partial charge in [-0.2, -0.15) is 0 Å². The minimum absolute atomic E-state index is 0.532. The molecule has 0 atom stereocenters. The molecule has 10 heterocycles. The molecule has 0 amide bonds. The first kappa shape index (κ1) is 114. The van der Waals surface area contributed by atoms with Crippen molar-refractivity contribution in [1.82, 2.24) is 38.8 Å². The molecule has 0 saturated heterocycles. The molecule has 0 radical (unpaired) electrons. The zero-order valence-corrected chi connectivity index (χ0v) is 95.6. The van der Waals surface area contributed by atoms with Crippen molar-refractivity contribution in [3.05, 3.63) is 289 Å². The van der Waals surface area contributed by atoms with Crippen LogP contribution in [-0.2, 0) is 52.0 Å². The number of aromatic nitrogens is 5. The molecule has 6 aliphatic heterocycles. The zero-order chi connectivity index (χ0) is 104. The van der Waals surface area contributed by atoms with Crippen LogP contribution in [0.2, 0.25) is 0 Å². The lowest BCUT2D eigenvalue weighted by atomic mass is 9.89. The van der Waals surface area contributed by atoms with E-state index < -0.39 is 0 Å². The van der Waals surface area contributed by atoms with Crippen molar-refractivity contribution in [3.8, 4) is 5.75 Å². The van der Waals surface area contributed by atoms with Gasteiger partial charge in [-0.1, -0.05) is 269 Å². The molecule has 142 heavy (non-hydrogen) atoms. The maximum atomic E-state index is 5.70. The van der Waals surface area contributed by atoms with Gasteiger partial charge in [-0.15, -0.1) is 0 Å². The topological polar surface area (TPSA) is 77.2 Å². The van der Waals surface area contributed by atoms with Crippen LogP contribution < -0.4 is 19.4 Å². The Morgan fingerprint density at radius 1 is 0.275 bits per heavy atom. The van der Waals surface area contributed by atoms with Gasteiger partial charge in [0, 0.05) is 148 Å². The van der Waals surface area contributed by atoms with Crippen molar-refractivity contribution >= 4 is 49.6 Å². The summed E-state index contributed by atoms with van der Waals surface area (Å²) in [6.07, 6.45) is 14.5. The first-order valence-corrected chi connectivity index (χ1v) is 55.5. The average Bonchev–Trinajstić information content (AvgIpc) is 1.73. The largest absolute Gasteiger partial charge is 0.490 e. The number of imidazole rings is 1. The lowest BCUT2D eigenvalue weighted by Crippen LogP contribution is -2.38. The molecule has 12 heteroatoms. The zero-order valence-electron chi connectivity index (χ0n) is 95.6. The van der Waals surface area contributed by atoms with Crippen molar-refractivity contribution < 1.29 is 4.74 Å². The fourth-order valence-corrected chi connectivity index (χ4v) is 20.6. The third-order valence-corrected chi connectivity index (χ3v) is 30.0. The summed E-state index contributed by atoms with van der Waals surface area (Å²) in [6.45, 7) is 94.6. The van der Waals surface area contributed by atoms with Crippen LogP contribution in [0.1, 0.15) is 434 Å². The van der Waals surface area contributed by atoms with E-state index in [4.69, 9.17) is 4.74 Å². The van der Waals surface area contributed by atoms with E-state index in [2.05, 4.69) is 473 Å². The van der Waals surface area contributed by atoms with E-state index in [9.17, 15) is 0 Å². The van der Waals surface area contributed by atoms with Gasteiger partial charge in [0.15, 0.2) is 0 Å². The normalized spacial score (nSPS) is 14.8. The Hall–Kier alpha value is -9.59. The summed E-state index contributed by atoms with van der Waals surface area (Å²) in [4.78, 5) is 28.7. The fourth-order valence-electron chi connectivity index (χ4n) is 20.6. The molecule has 6 aliphatic rings. The first-order chi connectivity index (χ1) is 67.3. The van der Waals surface area contributed by atoms with Crippen molar-refractivity contribution in [3.63, 3.8) is 0 Å². The molecule has 4 aromatic heterocycles. The molecule has 772 valence electrons. The number of pyridine rings is 2. The molecule has 0 spiro atoms. The van der Waals surface area contributed by atoms with E-state index in [1.54, 1.807) is 16.7 Å². The van der Waals surface area contributed by atoms with E-state index in [1.807, 2.05) is 18.7 Å². The van der Waals surface area contributed by atoms with Gasteiger partial charge in [-0.25, -0.2) is 4.98 Å². The Labute approximate surface area is 864 Å². The summed E-state index contributed by atoms with van der Waals surface area (Å²) >= 11 is 0. The van der Waals surface area contributed by atoms with Crippen LogP contribution in [-0.4, -0.2) is 121 Å². The Balaban J connectivity index is 0.000000164. The third kappa shape index (κ3) is 30.5. The predicted molar refractivity (Wildman–Crippen MR) is 619 cm³/mol. The highest BCUT2D eigenvalue weighted by Crippen LogP contribution is 2.40. The van der Waals surface area contributed by atoms with Crippen molar-refractivity contribution in [2.45, 2.75) is 421 Å². The minimum Gasteiger partial charge on any atom is -0.490 e. The second kappa shape index (κ2) is 53.5. The van der Waals surface area contributed by atoms with Gasteiger partial charge in [-0.3, -0.25) is 24.7 Å². The van der Waals surface area contributed by atoms with Crippen LogP contribution in [0.3, 0.4) is 0 Å². The molecule has 8 aromatic carbocycles. The van der Waals surface area contributed by atoms with Gasteiger partial charge in [0.25, 0.3) is 0 Å². The summed E-state index contributed by atoms with van der Waals surface area (Å²) in [5.41, 5.74) is 32.7. The lowest BCUT2D eigenvalue weighted by Gasteiger charge is -2.35. The Morgan fingerprint density at radius 2 is 0.697 bits per heavy atom. The predicted octanol–water partition coefficient (Wildman–Crippen LogP) is 34.1. The summed E-state index contributed by atoms with van der Waals surface area (Å²) in [6, 6.07) is 64.4. The van der Waals surface area contributed by atoms with E-state index >= 15 is 0 Å². The Bertz CT molecular complexity index is 5430. The van der Waals surface area contributed by atoms with Crippen LogP contribution in [0.5, 0.6) is 5.75 Å². The highest BCUT2D eigenvalue weighted by molar-refractivity contribution is 5.87. The molecule has 0 aliphatic carbocycles. The number of ether oxygens (including phenoxy) is 1. The number of aryl methyl sites for hydroxylation is 2. The molecule has 0 unspecified atom stereocenters. The second-order valence-corrected chi connectivity index (χ2v) is 46.6. The number of nitrogens with zero attached hydrogens (tertiary/aromatic N) is 11. The van der Waals surface area contributed by atoms with Gasteiger partial charge >= 0.3 is 0 Å². The standard InChI is InChI=1S/C16H20.C15H19N.2C15H23N.C15H19N.C15H23N.C14H21NO.C13H22N2.C12H21N3/c1-11(2)14-9-8-13-6-5-7-15(12(3)4)16(13)10-14;1-10(2)12-5-6-15-14(9-12)13(11(3)4)7-8-16-15;2*1-11(2)14-8-7-13-6-5-9-16(12(3)4)15(13)10-14;1-10(2)12-8-14-13(11(3)4)6-5-7-15(14)16-9-12;1-11(2)14-7-5-6-13-8-9-16(12(3)4)10-15(13)14;1-10(2)12-5-6-14-13(9-12)15(11(3)4)7-8-16-14;1-10(2)12-5-6-14-7-8-15(11(3)4)9-13(12)14;1-9(2)12-11-7-14(10(3)4)5-6-15(11)8-13-12/h5-12H,1-4H3;5-11H,1-4H3;2*7-8,10-12H,5-6,9H2,1-4H3;5-11H,1-4H3;5-7,11-12H,8-10H2,1-4H3;5-6,9-11H,7-8H2,1-4H3;5-6,10-11H,7-9H2,1-4H3;8-10H,5-7H2,1-4H3. The quantitative estimate of drug-likeness (QED) is 0.0829. The summed E-state index contributed by atoms with van der Waals surface area (Å²) in [7, 11) is 0. The van der Waals surface area contributed by atoms with E-state index in [0.29, 0.717) is 107 Å². The molecule has 12 aromatic rings. The van der Waals surface area contributed by atoms with Gasteiger partial charge in [0.2, 0.25) is 0 Å². The number of fused-ring (bicyclic) bond motifs is 9. The van der Waals surface area contributed by atoms with Crippen molar-refractivity contribution in [1.29, 1.82) is 0 Å². The summed E-state index contributed by atoms with van der Waals surface area (Å²) < 4.78 is 10.4.